The zero-order valence-electron chi connectivity index (χ0n) is 13.1. The molecule has 2 heterocycles. The van der Waals surface area contributed by atoms with Crippen LogP contribution in [0.2, 0.25) is 0 Å². The van der Waals surface area contributed by atoms with Crippen molar-refractivity contribution in [2.75, 3.05) is 13.1 Å². The summed E-state index contributed by atoms with van der Waals surface area (Å²) in [6.45, 7) is 0.560. The number of likely N-dealkylation sites (tertiary alicyclic amines) is 1. The van der Waals surface area contributed by atoms with Crippen molar-refractivity contribution in [1.82, 2.24) is 14.7 Å². The Kier molecular flexibility index (Phi) is 4.51. The van der Waals surface area contributed by atoms with Crippen LogP contribution in [0.5, 0.6) is 0 Å². The van der Waals surface area contributed by atoms with E-state index in [1.807, 2.05) is 0 Å². The van der Waals surface area contributed by atoms with Crippen LogP contribution in [-0.2, 0) is 6.18 Å². The van der Waals surface area contributed by atoms with Crippen molar-refractivity contribution in [3.05, 3.63) is 47.5 Å². The van der Waals surface area contributed by atoms with E-state index < -0.39 is 29.2 Å². The molecule has 1 aromatic heterocycles. The van der Waals surface area contributed by atoms with Crippen LogP contribution in [0.15, 0.2) is 30.5 Å². The van der Waals surface area contributed by atoms with Crippen LogP contribution >= 0.6 is 0 Å². The van der Waals surface area contributed by atoms with Crippen molar-refractivity contribution < 1.29 is 22.4 Å². The molecule has 1 saturated heterocycles. The summed E-state index contributed by atoms with van der Waals surface area (Å²) >= 11 is 0. The molecule has 0 radical (unpaired) electrons. The molecule has 0 aliphatic carbocycles. The minimum atomic E-state index is -4.87. The highest BCUT2D eigenvalue weighted by Crippen LogP contribution is 2.34. The molecule has 2 aromatic rings. The predicted molar refractivity (Wildman–Crippen MR) is 81.6 cm³/mol. The molecular formula is C16H16F4N4O. The molecule has 0 unspecified atom stereocenters. The van der Waals surface area contributed by atoms with Crippen molar-refractivity contribution in [3.63, 3.8) is 0 Å². The second kappa shape index (κ2) is 6.47. The monoisotopic (exact) mass is 356 g/mol. The van der Waals surface area contributed by atoms with E-state index in [4.69, 9.17) is 5.73 Å². The van der Waals surface area contributed by atoms with Gasteiger partial charge in [0.15, 0.2) is 5.69 Å². The molecule has 2 N–H and O–H groups in total. The van der Waals surface area contributed by atoms with E-state index >= 15 is 0 Å². The summed E-state index contributed by atoms with van der Waals surface area (Å²) in [4.78, 5) is 13.9. The van der Waals surface area contributed by atoms with Gasteiger partial charge in [0.2, 0.25) is 0 Å². The van der Waals surface area contributed by atoms with E-state index in [1.54, 1.807) is 0 Å². The minimum Gasteiger partial charge on any atom is -0.338 e. The van der Waals surface area contributed by atoms with Crippen molar-refractivity contribution >= 4 is 5.91 Å². The average Bonchev–Trinajstić information content (AvgIpc) is 3.00. The lowest BCUT2D eigenvalue weighted by atomic mass is 10.0. The Balaban J connectivity index is 2.04. The van der Waals surface area contributed by atoms with E-state index in [1.165, 1.54) is 23.1 Å². The summed E-state index contributed by atoms with van der Waals surface area (Å²) in [7, 11) is 0. The van der Waals surface area contributed by atoms with Gasteiger partial charge in [0, 0.05) is 19.1 Å². The zero-order valence-corrected chi connectivity index (χ0v) is 13.1. The maximum Gasteiger partial charge on any atom is 0.434 e. The van der Waals surface area contributed by atoms with Gasteiger partial charge in [-0.15, -0.1) is 0 Å². The highest BCUT2D eigenvalue weighted by atomic mass is 19.4. The Bertz CT molecular complexity index is 779. The summed E-state index contributed by atoms with van der Waals surface area (Å²) in [5.41, 5.74) is 3.52. The van der Waals surface area contributed by atoms with E-state index in [9.17, 15) is 22.4 Å². The predicted octanol–water partition coefficient (Wildman–Crippen LogP) is 2.59. The molecule has 1 amide bonds. The fourth-order valence-corrected chi connectivity index (χ4v) is 2.86. The molecule has 0 bridgehead atoms. The van der Waals surface area contributed by atoms with Gasteiger partial charge in [0.25, 0.3) is 5.91 Å². The highest BCUT2D eigenvalue weighted by molar-refractivity contribution is 5.95. The van der Waals surface area contributed by atoms with E-state index in [0.29, 0.717) is 17.5 Å². The molecule has 134 valence electrons. The third kappa shape index (κ3) is 3.37. The summed E-state index contributed by atoms with van der Waals surface area (Å²) in [6.07, 6.45) is -2.98. The zero-order chi connectivity index (χ0) is 18.2. The number of nitrogens with zero attached hydrogens (tertiary/aromatic N) is 3. The van der Waals surface area contributed by atoms with Gasteiger partial charge in [0.1, 0.15) is 11.5 Å². The number of para-hydroxylation sites is 1. The van der Waals surface area contributed by atoms with Crippen molar-refractivity contribution in [2.45, 2.75) is 25.1 Å². The van der Waals surface area contributed by atoms with Gasteiger partial charge in [-0.25, -0.2) is 9.07 Å². The number of amides is 1. The van der Waals surface area contributed by atoms with Crippen LogP contribution < -0.4 is 5.73 Å². The van der Waals surface area contributed by atoms with Crippen molar-refractivity contribution in [1.29, 1.82) is 0 Å². The Morgan fingerprint density at radius 3 is 2.44 bits per heavy atom. The number of carbonyl (C=O) groups is 1. The summed E-state index contributed by atoms with van der Waals surface area (Å²) in [6, 6.07) is 4.90. The molecule has 0 spiro atoms. The first-order chi connectivity index (χ1) is 11.8. The third-order valence-electron chi connectivity index (χ3n) is 4.18. The molecule has 25 heavy (non-hydrogen) atoms. The normalized spacial score (nSPS) is 16.3. The highest BCUT2D eigenvalue weighted by Gasteiger charge is 2.42. The number of rotatable bonds is 2. The van der Waals surface area contributed by atoms with Gasteiger partial charge >= 0.3 is 6.18 Å². The third-order valence-corrected chi connectivity index (χ3v) is 4.18. The second-order valence-corrected chi connectivity index (χ2v) is 5.90. The Morgan fingerprint density at radius 1 is 1.20 bits per heavy atom. The standard InChI is InChI=1S/C16H16F4N4O/c17-12-3-1-2-4-13(12)24-14(16(18,19)20)11(9-22-24)15(25)23-7-5-10(21)6-8-23/h1-4,9-10H,5-8,21H2. The van der Waals surface area contributed by atoms with Crippen LogP contribution in [0.25, 0.3) is 5.69 Å². The van der Waals surface area contributed by atoms with Crippen molar-refractivity contribution in [3.8, 4) is 5.69 Å². The number of halogens is 4. The fourth-order valence-electron chi connectivity index (χ4n) is 2.86. The number of hydrogen-bond donors (Lipinski definition) is 1. The number of alkyl halides is 3. The lowest BCUT2D eigenvalue weighted by molar-refractivity contribution is -0.143. The van der Waals surface area contributed by atoms with Gasteiger partial charge in [-0.05, 0) is 25.0 Å². The average molecular weight is 356 g/mol. The quantitative estimate of drug-likeness (QED) is 0.842. The van der Waals surface area contributed by atoms with Crippen LogP contribution in [0.1, 0.15) is 28.9 Å². The molecule has 1 aliphatic heterocycles. The van der Waals surface area contributed by atoms with Gasteiger partial charge in [-0.1, -0.05) is 12.1 Å². The van der Waals surface area contributed by atoms with Gasteiger partial charge < -0.3 is 10.6 Å². The summed E-state index contributed by atoms with van der Waals surface area (Å²) in [5.74, 6) is -1.64. The SMILES string of the molecule is NC1CCN(C(=O)c2cnn(-c3ccccc3F)c2C(F)(F)F)CC1. The molecule has 3 rings (SSSR count). The molecule has 1 aromatic carbocycles. The maximum absolute atomic E-state index is 13.9. The van der Waals surface area contributed by atoms with Gasteiger partial charge in [0.05, 0.1) is 11.8 Å². The number of aromatic nitrogens is 2. The number of nitrogens with two attached hydrogens (primary N) is 1. The topological polar surface area (TPSA) is 64.2 Å². The molecule has 0 saturated carbocycles. The van der Waals surface area contributed by atoms with Crippen molar-refractivity contribution in [2.24, 2.45) is 5.73 Å². The van der Waals surface area contributed by atoms with E-state index in [2.05, 4.69) is 5.10 Å². The minimum absolute atomic E-state index is 0.0627. The second-order valence-electron chi connectivity index (χ2n) is 5.90. The Labute approximate surface area is 141 Å². The van der Waals surface area contributed by atoms with E-state index in [-0.39, 0.29) is 24.8 Å². The lowest BCUT2D eigenvalue weighted by Crippen LogP contribution is -2.43. The number of carbonyl (C=O) groups excluding carboxylic acids is 1. The molecule has 1 aliphatic rings. The first kappa shape index (κ1) is 17.4. The summed E-state index contributed by atoms with van der Waals surface area (Å²) in [5, 5.41) is 3.63. The van der Waals surface area contributed by atoms with Crippen LogP contribution in [0.3, 0.4) is 0 Å². The van der Waals surface area contributed by atoms with Crippen LogP contribution in [0.4, 0.5) is 17.6 Å². The summed E-state index contributed by atoms with van der Waals surface area (Å²) < 4.78 is 55.1. The van der Waals surface area contributed by atoms with Crippen LogP contribution in [-0.4, -0.2) is 39.7 Å². The van der Waals surface area contributed by atoms with Crippen LogP contribution in [0, 0.1) is 5.82 Å². The molecule has 1 fully saturated rings. The molecule has 0 atom stereocenters. The molecular weight excluding hydrogens is 340 g/mol. The first-order valence-corrected chi connectivity index (χ1v) is 7.74. The smallest absolute Gasteiger partial charge is 0.338 e. The number of piperidine rings is 1. The maximum atomic E-state index is 13.9. The number of hydrogen-bond acceptors (Lipinski definition) is 3. The van der Waals surface area contributed by atoms with Gasteiger partial charge in [-0.3, -0.25) is 4.79 Å². The Hall–Kier alpha value is -2.42. The largest absolute Gasteiger partial charge is 0.434 e. The fraction of sp³-hybridized carbons (Fsp3) is 0.375. The molecule has 9 heteroatoms. The van der Waals surface area contributed by atoms with Gasteiger partial charge in [-0.2, -0.15) is 18.3 Å². The number of benzene rings is 1. The molecule has 5 nitrogen and oxygen atoms in total. The lowest BCUT2D eigenvalue weighted by Gasteiger charge is -2.30. The Morgan fingerprint density at radius 2 is 1.84 bits per heavy atom. The van der Waals surface area contributed by atoms with E-state index in [0.717, 1.165) is 12.3 Å². The first-order valence-electron chi connectivity index (χ1n) is 7.74.